The van der Waals surface area contributed by atoms with Crippen LogP contribution in [0.2, 0.25) is 0 Å². The van der Waals surface area contributed by atoms with Crippen LogP contribution in [0.15, 0.2) is 80.4 Å². The zero-order valence-corrected chi connectivity index (χ0v) is 12.9. The van der Waals surface area contributed by atoms with Gasteiger partial charge in [0.2, 0.25) is 0 Å². The summed E-state index contributed by atoms with van der Waals surface area (Å²) in [5.74, 6) is 0.104. The van der Waals surface area contributed by atoms with Crippen LogP contribution in [-0.2, 0) is 9.53 Å². The lowest BCUT2D eigenvalue weighted by molar-refractivity contribution is -0.130. The summed E-state index contributed by atoms with van der Waals surface area (Å²) in [6.45, 7) is 0. The average molecular weight is 329 g/mol. The van der Waals surface area contributed by atoms with Crippen LogP contribution in [0.3, 0.4) is 0 Å². The normalized spacial score (nSPS) is 15.9. The molecule has 0 N–H and O–H groups in total. The summed E-state index contributed by atoms with van der Waals surface area (Å²) in [6.07, 6.45) is 3.20. The Labute approximate surface area is 141 Å². The number of ether oxygens (including phenoxy) is 1. The second-order valence-electron chi connectivity index (χ2n) is 5.67. The zero-order valence-electron chi connectivity index (χ0n) is 12.9. The van der Waals surface area contributed by atoms with E-state index >= 15 is 0 Å². The van der Waals surface area contributed by atoms with Crippen molar-refractivity contribution in [3.05, 3.63) is 77.9 Å². The van der Waals surface area contributed by atoms with Crippen molar-refractivity contribution >= 4 is 39.9 Å². The fraction of sp³-hybridized carbons (Fsp3) is 0. The molecular formula is C20H11NO4. The summed E-state index contributed by atoms with van der Waals surface area (Å²) >= 11 is 0. The molecule has 0 saturated carbocycles. The maximum absolute atomic E-state index is 12.0. The Morgan fingerprint density at radius 3 is 2.68 bits per heavy atom. The number of furan rings is 2. The molecule has 2 aromatic carbocycles. The highest BCUT2D eigenvalue weighted by Gasteiger charge is 2.25. The molecule has 3 heterocycles. The van der Waals surface area contributed by atoms with Crippen molar-refractivity contribution in [2.24, 2.45) is 4.99 Å². The molecule has 120 valence electrons. The maximum atomic E-state index is 12.0. The molecule has 4 aromatic rings. The number of para-hydroxylation sites is 1. The number of carbonyl (C=O) groups excluding carboxylic acids is 1. The molecule has 0 amide bonds. The van der Waals surface area contributed by atoms with Crippen LogP contribution in [0.4, 0.5) is 0 Å². The molecule has 0 aliphatic carbocycles. The first-order chi connectivity index (χ1) is 12.3. The molecule has 2 aromatic heterocycles. The number of aliphatic imine (C=N–C) groups is 1. The zero-order chi connectivity index (χ0) is 16.8. The molecule has 1 aliphatic heterocycles. The molecule has 5 heteroatoms. The van der Waals surface area contributed by atoms with Crippen molar-refractivity contribution in [1.29, 1.82) is 0 Å². The maximum Gasteiger partial charge on any atom is 0.363 e. The number of esters is 1. The summed E-state index contributed by atoms with van der Waals surface area (Å²) in [5, 5.41) is 2.03. The minimum absolute atomic E-state index is 0.177. The molecular weight excluding hydrogens is 318 g/mol. The Balaban J connectivity index is 1.60. The Bertz CT molecular complexity index is 1180. The van der Waals surface area contributed by atoms with E-state index < -0.39 is 5.97 Å². The van der Waals surface area contributed by atoms with Crippen molar-refractivity contribution in [2.45, 2.75) is 0 Å². The van der Waals surface area contributed by atoms with Crippen LogP contribution in [0.1, 0.15) is 11.3 Å². The topological polar surface area (TPSA) is 64.9 Å². The molecule has 0 radical (unpaired) electrons. The van der Waals surface area contributed by atoms with Gasteiger partial charge in [-0.1, -0.05) is 24.3 Å². The van der Waals surface area contributed by atoms with Crippen molar-refractivity contribution < 1.29 is 18.4 Å². The monoisotopic (exact) mass is 329 g/mol. The number of nitrogens with zero attached hydrogens (tertiary/aromatic N) is 1. The van der Waals surface area contributed by atoms with Crippen LogP contribution in [0.25, 0.3) is 28.0 Å². The summed E-state index contributed by atoms with van der Waals surface area (Å²) in [4.78, 5) is 16.3. The Morgan fingerprint density at radius 2 is 1.80 bits per heavy atom. The van der Waals surface area contributed by atoms with Crippen LogP contribution in [0, 0.1) is 0 Å². The number of fused-ring (bicyclic) bond motifs is 3. The predicted molar refractivity (Wildman–Crippen MR) is 93.0 cm³/mol. The molecule has 5 rings (SSSR count). The number of rotatable bonds is 2. The van der Waals surface area contributed by atoms with E-state index in [1.54, 1.807) is 18.2 Å². The fourth-order valence-corrected chi connectivity index (χ4v) is 2.91. The molecule has 0 fully saturated rings. The Morgan fingerprint density at radius 1 is 0.920 bits per heavy atom. The first-order valence-electron chi connectivity index (χ1n) is 7.76. The first kappa shape index (κ1) is 13.8. The molecule has 0 spiro atoms. The standard InChI is InChI=1S/C20H11NO4/c22-20-15(21-19(25-20)18-6-3-9-23-18)11-12-7-8-17-14(10-12)13-4-1-2-5-16(13)24-17/h1-11H. The molecule has 5 nitrogen and oxygen atoms in total. The average Bonchev–Trinajstić information content (AvgIpc) is 3.34. The van der Waals surface area contributed by atoms with Gasteiger partial charge in [0.15, 0.2) is 11.5 Å². The lowest BCUT2D eigenvalue weighted by Crippen LogP contribution is -2.04. The van der Waals surface area contributed by atoms with Gasteiger partial charge >= 0.3 is 5.97 Å². The van der Waals surface area contributed by atoms with E-state index in [0.29, 0.717) is 5.76 Å². The Hall–Kier alpha value is -3.60. The molecule has 25 heavy (non-hydrogen) atoms. The number of carbonyl (C=O) groups is 1. The van der Waals surface area contributed by atoms with Crippen LogP contribution < -0.4 is 0 Å². The van der Waals surface area contributed by atoms with Crippen LogP contribution >= 0.6 is 0 Å². The minimum Gasteiger partial charge on any atom is -0.459 e. The molecule has 1 aliphatic rings. The smallest absolute Gasteiger partial charge is 0.363 e. The highest BCUT2D eigenvalue weighted by Crippen LogP contribution is 2.30. The van der Waals surface area contributed by atoms with Gasteiger partial charge in [0.25, 0.3) is 5.90 Å². The largest absolute Gasteiger partial charge is 0.459 e. The van der Waals surface area contributed by atoms with Crippen molar-refractivity contribution in [2.75, 3.05) is 0 Å². The van der Waals surface area contributed by atoms with E-state index in [1.807, 2.05) is 42.5 Å². The Kier molecular flexibility index (Phi) is 2.87. The SMILES string of the molecule is O=C1OC(c2ccco2)=NC1=Cc1ccc2oc3ccccc3c2c1. The van der Waals surface area contributed by atoms with E-state index in [9.17, 15) is 4.79 Å². The summed E-state index contributed by atoms with van der Waals surface area (Å²) < 4.78 is 16.2. The lowest BCUT2D eigenvalue weighted by atomic mass is 10.1. The highest BCUT2D eigenvalue weighted by molar-refractivity contribution is 6.12. The van der Waals surface area contributed by atoms with Gasteiger partial charge in [-0.15, -0.1) is 0 Å². The van der Waals surface area contributed by atoms with Crippen molar-refractivity contribution in [3.63, 3.8) is 0 Å². The third kappa shape index (κ3) is 2.25. The van der Waals surface area contributed by atoms with Gasteiger partial charge in [-0.25, -0.2) is 9.79 Å². The lowest BCUT2D eigenvalue weighted by Gasteiger charge is -1.95. The van der Waals surface area contributed by atoms with E-state index in [4.69, 9.17) is 13.6 Å². The van der Waals surface area contributed by atoms with Gasteiger partial charge in [-0.2, -0.15) is 0 Å². The van der Waals surface area contributed by atoms with Gasteiger partial charge < -0.3 is 13.6 Å². The van der Waals surface area contributed by atoms with E-state index in [2.05, 4.69) is 4.99 Å². The van der Waals surface area contributed by atoms with Gasteiger partial charge in [0, 0.05) is 10.8 Å². The van der Waals surface area contributed by atoms with Crippen LogP contribution in [0.5, 0.6) is 0 Å². The highest BCUT2D eigenvalue weighted by atomic mass is 16.6. The summed E-state index contributed by atoms with van der Waals surface area (Å²) in [6, 6.07) is 17.0. The van der Waals surface area contributed by atoms with E-state index in [-0.39, 0.29) is 11.6 Å². The number of cyclic esters (lactones) is 1. The second kappa shape index (κ2) is 5.21. The van der Waals surface area contributed by atoms with E-state index in [0.717, 1.165) is 27.5 Å². The number of benzene rings is 2. The van der Waals surface area contributed by atoms with E-state index in [1.165, 1.54) is 6.26 Å². The predicted octanol–water partition coefficient (Wildman–Crippen LogP) is 4.52. The quantitative estimate of drug-likeness (QED) is 0.400. The first-order valence-corrected chi connectivity index (χ1v) is 7.76. The van der Waals surface area contributed by atoms with Gasteiger partial charge in [-0.05, 0) is 42.0 Å². The van der Waals surface area contributed by atoms with Gasteiger partial charge in [-0.3, -0.25) is 0 Å². The molecule has 0 unspecified atom stereocenters. The third-order valence-electron chi connectivity index (χ3n) is 4.06. The van der Waals surface area contributed by atoms with Gasteiger partial charge in [0.05, 0.1) is 6.26 Å². The summed E-state index contributed by atoms with van der Waals surface area (Å²) in [7, 11) is 0. The number of hydrogen-bond acceptors (Lipinski definition) is 5. The van der Waals surface area contributed by atoms with Crippen molar-refractivity contribution in [1.82, 2.24) is 0 Å². The van der Waals surface area contributed by atoms with Crippen LogP contribution in [-0.4, -0.2) is 11.9 Å². The molecule has 0 bridgehead atoms. The molecule has 0 atom stereocenters. The van der Waals surface area contributed by atoms with Crippen molar-refractivity contribution in [3.8, 4) is 0 Å². The third-order valence-corrected chi connectivity index (χ3v) is 4.06. The second-order valence-corrected chi connectivity index (χ2v) is 5.67. The van der Waals surface area contributed by atoms with Gasteiger partial charge in [0.1, 0.15) is 11.2 Å². The minimum atomic E-state index is -0.497. The fourth-order valence-electron chi connectivity index (χ4n) is 2.91. The number of hydrogen-bond donors (Lipinski definition) is 0. The summed E-state index contributed by atoms with van der Waals surface area (Å²) in [5.41, 5.74) is 2.71. The molecule has 0 saturated heterocycles.